The van der Waals surface area contributed by atoms with Crippen LogP contribution in [-0.2, 0) is 19.6 Å². The molecule has 2 aromatic carbocycles. The number of hydrogen-bond donors (Lipinski definition) is 1. The van der Waals surface area contributed by atoms with Crippen LogP contribution in [0.25, 0.3) is 0 Å². The van der Waals surface area contributed by atoms with Crippen LogP contribution in [0.4, 0.5) is 5.69 Å². The zero-order valence-electron chi connectivity index (χ0n) is 16.5. The van der Waals surface area contributed by atoms with Crippen molar-refractivity contribution in [1.82, 2.24) is 4.31 Å². The number of sulfonamides is 1. The Kier molecular flexibility index (Phi) is 7.54. The summed E-state index contributed by atoms with van der Waals surface area (Å²) in [6.45, 7) is 3.49. The predicted octanol–water partition coefficient (Wildman–Crippen LogP) is 2.78. The summed E-state index contributed by atoms with van der Waals surface area (Å²) in [4.78, 5) is 12.2. The molecule has 1 fully saturated rings. The summed E-state index contributed by atoms with van der Waals surface area (Å²) in [5.74, 6) is 0.560. The number of ether oxygens (including phenoxy) is 3. The van der Waals surface area contributed by atoms with Gasteiger partial charge in [0.25, 0.3) is 5.91 Å². The maximum atomic E-state index is 12.7. The fraction of sp³-hybridized carbons (Fsp3) is 0.350. The first-order valence-electron chi connectivity index (χ1n) is 9.43. The van der Waals surface area contributed by atoms with E-state index >= 15 is 0 Å². The Morgan fingerprint density at radius 2 is 1.83 bits per heavy atom. The highest BCUT2D eigenvalue weighted by Crippen LogP contribution is 2.29. The van der Waals surface area contributed by atoms with Gasteiger partial charge in [0.2, 0.25) is 10.0 Å². The number of carbonyl (C=O) groups is 1. The van der Waals surface area contributed by atoms with Gasteiger partial charge >= 0.3 is 0 Å². The first-order chi connectivity index (χ1) is 14.4. The van der Waals surface area contributed by atoms with Crippen molar-refractivity contribution in [1.29, 1.82) is 0 Å². The summed E-state index contributed by atoms with van der Waals surface area (Å²) in [5, 5.41) is 2.81. The lowest BCUT2D eigenvalue weighted by Crippen LogP contribution is -2.40. The molecule has 3 rings (SSSR count). The molecule has 0 spiro atoms. The summed E-state index contributed by atoms with van der Waals surface area (Å²) in [7, 11) is -3.66. The van der Waals surface area contributed by atoms with Gasteiger partial charge in [-0.1, -0.05) is 11.6 Å². The van der Waals surface area contributed by atoms with Crippen molar-refractivity contribution in [3.05, 3.63) is 47.5 Å². The van der Waals surface area contributed by atoms with E-state index in [1.807, 2.05) is 6.92 Å². The van der Waals surface area contributed by atoms with Crippen LogP contribution in [0.2, 0.25) is 5.02 Å². The van der Waals surface area contributed by atoms with Gasteiger partial charge in [-0.25, -0.2) is 8.42 Å². The van der Waals surface area contributed by atoms with Crippen molar-refractivity contribution in [3.8, 4) is 11.5 Å². The van der Waals surface area contributed by atoms with Gasteiger partial charge in [-0.15, -0.1) is 0 Å². The normalized spacial score (nSPS) is 14.9. The maximum Gasteiger partial charge on any atom is 0.262 e. The number of rotatable bonds is 8. The van der Waals surface area contributed by atoms with E-state index in [2.05, 4.69) is 5.32 Å². The number of carbonyl (C=O) groups excluding carboxylic acids is 1. The average Bonchev–Trinajstić information content (AvgIpc) is 2.75. The second-order valence-electron chi connectivity index (χ2n) is 6.40. The quantitative estimate of drug-likeness (QED) is 0.659. The minimum atomic E-state index is -3.66. The predicted molar refractivity (Wildman–Crippen MR) is 113 cm³/mol. The molecule has 1 heterocycles. The van der Waals surface area contributed by atoms with Crippen LogP contribution in [0.5, 0.6) is 11.5 Å². The van der Waals surface area contributed by atoms with E-state index in [-0.39, 0.29) is 28.2 Å². The third kappa shape index (κ3) is 5.63. The highest BCUT2D eigenvalue weighted by molar-refractivity contribution is 7.89. The van der Waals surface area contributed by atoms with Gasteiger partial charge in [0.1, 0.15) is 11.5 Å². The maximum absolute atomic E-state index is 12.7. The molecular formula is C20H23ClN2O6S. The van der Waals surface area contributed by atoms with Gasteiger partial charge in [0.15, 0.2) is 6.61 Å². The van der Waals surface area contributed by atoms with Crippen LogP contribution in [0.1, 0.15) is 6.92 Å². The van der Waals surface area contributed by atoms with Gasteiger partial charge in [-0.3, -0.25) is 4.79 Å². The second kappa shape index (κ2) is 10.1. The Hall–Kier alpha value is -2.33. The van der Waals surface area contributed by atoms with Crippen LogP contribution in [-0.4, -0.2) is 58.1 Å². The first kappa shape index (κ1) is 22.4. The second-order valence-corrected chi connectivity index (χ2v) is 8.75. The molecule has 1 aliphatic heterocycles. The molecule has 1 saturated heterocycles. The van der Waals surface area contributed by atoms with Crippen LogP contribution in [0.15, 0.2) is 47.4 Å². The van der Waals surface area contributed by atoms with Gasteiger partial charge in [-0.2, -0.15) is 4.31 Å². The Morgan fingerprint density at radius 3 is 2.47 bits per heavy atom. The Morgan fingerprint density at radius 1 is 1.13 bits per heavy atom. The number of nitrogens with one attached hydrogen (secondary N) is 1. The van der Waals surface area contributed by atoms with Crippen molar-refractivity contribution < 1.29 is 27.4 Å². The minimum Gasteiger partial charge on any atom is -0.494 e. The minimum absolute atomic E-state index is 0.0700. The number of morpholine rings is 1. The Balaban J connectivity index is 1.58. The number of halogens is 1. The average molecular weight is 455 g/mol. The van der Waals surface area contributed by atoms with Crippen LogP contribution in [0.3, 0.4) is 0 Å². The molecule has 0 radical (unpaired) electrons. The molecule has 0 saturated carbocycles. The van der Waals surface area contributed by atoms with E-state index in [0.29, 0.717) is 44.3 Å². The lowest BCUT2D eigenvalue weighted by molar-refractivity contribution is -0.118. The number of benzene rings is 2. The zero-order chi connectivity index (χ0) is 21.6. The van der Waals surface area contributed by atoms with Crippen molar-refractivity contribution in [2.75, 3.05) is 44.8 Å². The highest BCUT2D eigenvalue weighted by atomic mass is 35.5. The largest absolute Gasteiger partial charge is 0.494 e. The number of amides is 1. The number of hydrogen-bond acceptors (Lipinski definition) is 6. The van der Waals surface area contributed by atoms with Crippen molar-refractivity contribution in [2.24, 2.45) is 0 Å². The molecule has 0 atom stereocenters. The Bertz CT molecular complexity index is 975. The number of nitrogens with zero attached hydrogens (tertiary/aromatic N) is 1. The zero-order valence-corrected chi connectivity index (χ0v) is 18.0. The molecule has 0 unspecified atom stereocenters. The molecular weight excluding hydrogens is 432 g/mol. The highest BCUT2D eigenvalue weighted by Gasteiger charge is 2.27. The van der Waals surface area contributed by atoms with Gasteiger partial charge in [0.05, 0.1) is 29.7 Å². The monoisotopic (exact) mass is 454 g/mol. The van der Waals surface area contributed by atoms with E-state index in [4.69, 9.17) is 25.8 Å². The molecule has 8 nitrogen and oxygen atoms in total. The van der Waals surface area contributed by atoms with Crippen LogP contribution >= 0.6 is 11.6 Å². The summed E-state index contributed by atoms with van der Waals surface area (Å²) in [6, 6.07) is 11.1. The van der Waals surface area contributed by atoms with E-state index < -0.39 is 10.0 Å². The van der Waals surface area contributed by atoms with E-state index in [9.17, 15) is 13.2 Å². The smallest absolute Gasteiger partial charge is 0.262 e. The molecule has 0 aromatic heterocycles. The fourth-order valence-electron chi connectivity index (χ4n) is 2.84. The number of anilines is 1. The summed E-state index contributed by atoms with van der Waals surface area (Å²) < 4.78 is 42.7. The van der Waals surface area contributed by atoms with E-state index in [1.54, 1.807) is 24.3 Å². The molecule has 0 aliphatic carbocycles. The van der Waals surface area contributed by atoms with Gasteiger partial charge < -0.3 is 19.5 Å². The first-order valence-corrected chi connectivity index (χ1v) is 11.2. The molecule has 30 heavy (non-hydrogen) atoms. The lowest BCUT2D eigenvalue weighted by atomic mass is 10.3. The fourth-order valence-corrected chi connectivity index (χ4v) is 4.57. The molecule has 10 heteroatoms. The standard InChI is InChI=1S/C20H23ClN2O6S/c1-2-28-16-5-3-15(4-6-16)22-20(24)14-29-19-8-7-17(13-18(19)21)30(25,26)23-9-11-27-12-10-23/h3-8,13H,2,9-12,14H2,1H3,(H,22,24). The van der Waals surface area contributed by atoms with Crippen molar-refractivity contribution >= 4 is 33.2 Å². The van der Waals surface area contributed by atoms with Gasteiger partial charge in [0, 0.05) is 18.8 Å². The molecule has 1 aliphatic rings. The van der Waals surface area contributed by atoms with Crippen molar-refractivity contribution in [3.63, 3.8) is 0 Å². The summed E-state index contributed by atoms with van der Waals surface area (Å²) in [6.07, 6.45) is 0. The Labute approximate surface area is 180 Å². The van der Waals surface area contributed by atoms with Crippen LogP contribution in [0, 0.1) is 0 Å². The molecule has 1 N–H and O–H groups in total. The molecule has 0 bridgehead atoms. The molecule has 2 aromatic rings. The molecule has 162 valence electrons. The van der Waals surface area contributed by atoms with Crippen LogP contribution < -0.4 is 14.8 Å². The summed E-state index contributed by atoms with van der Waals surface area (Å²) in [5.41, 5.74) is 0.602. The van der Waals surface area contributed by atoms with Gasteiger partial charge in [-0.05, 0) is 49.4 Å². The third-order valence-electron chi connectivity index (χ3n) is 4.32. The van der Waals surface area contributed by atoms with E-state index in [0.717, 1.165) is 0 Å². The summed E-state index contributed by atoms with van der Waals surface area (Å²) >= 11 is 6.19. The van der Waals surface area contributed by atoms with E-state index in [1.165, 1.54) is 22.5 Å². The van der Waals surface area contributed by atoms with Crippen molar-refractivity contribution in [2.45, 2.75) is 11.8 Å². The topological polar surface area (TPSA) is 94.2 Å². The third-order valence-corrected chi connectivity index (χ3v) is 6.51. The lowest BCUT2D eigenvalue weighted by Gasteiger charge is -2.26. The molecule has 1 amide bonds. The SMILES string of the molecule is CCOc1ccc(NC(=O)COc2ccc(S(=O)(=O)N3CCOCC3)cc2Cl)cc1.